The molecule has 24 heavy (non-hydrogen) atoms. The Morgan fingerprint density at radius 1 is 1.00 bits per heavy atom. The number of nitrogens with zero attached hydrogens (tertiary/aromatic N) is 1. The van der Waals surface area contributed by atoms with Crippen molar-refractivity contribution in [1.29, 1.82) is 0 Å². The Labute approximate surface area is 140 Å². The first-order valence-corrected chi connectivity index (χ1v) is 8.78. The zero-order valence-corrected chi connectivity index (χ0v) is 13.8. The third-order valence-corrected chi connectivity index (χ3v) is 4.88. The lowest BCUT2D eigenvalue weighted by Crippen LogP contribution is -2.18. The normalized spacial score (nSPS) is 11.9. The number of hydrogen-bond donors (Lipinski definition) is 2. The zero-order chi connectivity index (χ0) is 17.2. The first-order valence-electron chi connectivity index (χ1n) is 7.30. The molecule has 2 N–H and O–H groups in total. The second kappa shape index (κ2) is 6.33. The van der Waals surface area contributed by atoms with Gasteiger partial charge < -0.3 is 5.11 Å². The van der Waals surface area contributed by atoms with Crippen LogP contribution in [0.15, 0.2) is 70.7 Å². The van der Waals surface area contributed by atoms with Crippen molar-refractivity contribution < 1.29 is 13.5 Å². The topological polar surface area (TPSA) is 78.8 Å². The van der Waals surface area contributed by atoms with Crippen LogP contribution >= 0.6 is 0 Å². The number of fused-ring (bicyclic) bond motifs is 1. The molecule has 0 saturated carbocycles. The van der Waals surface area contributed by atoms with Crippen LogP contribution in [-0.2, 0) is 10.0 Å². The molecule has 3 aromatic rings. The van der Waals surface area contributed by atoms with Crippen molar-refractivity contribution in [3.8, 4) is 5.75 Å². The molecule has 0 heterocycles. The van der Waals surface area contributed by atoms with Crippen molar-refractivity contribution in [2.45, 2.75) is 11.8 Å². The summed E-state index contributed by atoms with van der Waals surface area (Å²) >= 11 is 0. The summed E-state index contributed by atoms with van der Waals surface area (Å²) in [5.41, 5.74) is 1.40. The molecule has 0 atom stereocenters. The van der Waals surface area contributed by atoms with Crippen LogP contribution < -0.4 is 4.83 Å². The standard InChI is InChI=1S/C18H16N2O3S/c1-13-6-10-16(11-7-13)24(22,23)20-19-12-15-9-8-14-4-2-3-5-17(14)18(15)21/h2-12,20-21H,1H3/b19-12-. The van der Waals surface area contributed by atoms with E-state index >= 15 is 0 Å². The highest BCUT2D eigenvalue weighted by Gasteiger charge is 2.12. The molecular weight excluding hydrogens is 324 g/mol. The molecule has 0 bridgehead atoms. The van der Waals surface area contributed by atoms with Crippen molar-refractivity contribution in [3.63, 3.8) is 0 Å². The largest absolute Gasteiger partial charge is 0.507 e. The van der Waals surface area contributed by atoms with Crippen molar-refractivity contribution in [1.82, 2.24) is 4.83 Å². The number of sulfonamides is 1. The number of hydrogen-bond acceptors (Lipinski definition) is 4. The molecule has 0 aliphatic carbocycles. The molecule has 0 spiro atoms. The Hall–Kier alpha value is -2.86. The molecule has 3 rings (SSSR count). The summed E-state index contributed by atoms with van der Waals surface area (Å²) in [5, 5.41) is 15.6. The fourth-order valence-corrected chi connectivity index (χ4v) is 3.10. The highest BCUT2D eigenvalue weighted by Crippen LogP contribution is 2.27. The van der Waals surface area contributed by atoms with Crippen LogP contribution in [0.2, 0.25) is 0 Å². The number of benzene rings is 3. The predicted molar refractivity (Wildman–Crippen MR) is 94.7 cm³/mol. The van der Waals surface area contributed by atoms with Crippen LogP contribution in [0.3, 0.4) is 0 Å². The van der Waals surface area contributed by atoms with E-state index in [9.17, 15) is 13.5 Å². The van der Waals surface area contributed by atoms with Crippen LogP contribution in [0.4, 0.5) is 0 Å². The van der Waals surface area contributed by atoms with E-state index in [1.165, 1.54) is 18.3 Å². The number of aryl methyl sites for hydroxylation is 1. The van der Waals surface area contributed by atoms with Gasteiger partial charge in [0, 0.05) is 10.9 Å². The van der Waals surface area contributed by atoms with E-state index in [2.05, 4.69) is 9.93 Å². The van der Waals surface area contributed by atoms with E-state index in [4.69, 9.17) is 0 Å². The van der Waals surface area contributed by atoms with Gasteiger partial charge in [-0.3, -0.25) is 0 Å². The lowest BCUT2D eigenvalue weighted by atomic mass is 10.1. The summed E-state index contributed by atoms with van der Waals surface area (Å²) in [6.45, 7) is 1.88. The van der Waals surface area contributed by atoms with E-state index in [0.717, 1.165) is 10.9 Å². The van der Waals surface area contributed by atoms with Crippen molar-refractivity contribution >= 4 is 27.0 Å². The summed E-state index contributed by atoms with van der Waals surface area (Å²) < 4.78 is 24.3. The van der Waals surface area contributed by atoms with Crippen molar-refractivity contribution in [2.75, 3.05) is 0 Å². The monoisotopic (exact) mass is 340 g/mol. The Bertz CT molecular complexity index is 1010. The molecule has 6 heteroatoms. The molecule has 0 fully saturated rings. The zero-order valence-electron chi connectivity index (χ0n) is 13.0. The second-order valence-corrected chi connectivity index (χ2v) is 7.05. The van der Waals surface area contributed by atoms with E-state index in [1.54, 1.807) is 24.3 Å². The summed E-state index contributed by atoms with van der Waals surface area (Å²) in [7, 11) is -3.73. The maximum absolute atomic E-state index is 12.1. The highest BCUT2D eigenvalue weighted by atomic mass is 32.2. The van der Waals surface area contributed by atoms with E-state index in [0.29, 0.717) is 10.9 Å². The molecule has 0 aliphatic rings. The molecule has 0 aliphatic heterocycles. The van der Waals surface area contributed by atoms with Gasteiger partial charge in [0.1, 0.15) is 5.75 Å². The van der Waals surface area contributed by atoms with E-state index in [-0.39, 0.29) is 10.6 Å². The smallest absolute Gasteiger partial charge is 0.276 e. The number of nitrogens with one attached hydrogen (secondary N) is 1. The van der Waals surface area contributed by atoms with E-state index in [1.807, 2.05) is 31.2 Å². The molecule has 0 amide bonds. The van der Waals surface area contributed by atoms with Gasteiger partial charge in [0.05, 0.1) is 11.1 Å². The predicted octanol–water partition coefficient (Wildman–Crippen LogP) is 3.17. The fraction of sp³-hybridized carbons (Fsp3) is 0.0556. The van der Waals surface area contributed by atoms with Gasteiger partial charge in [-0.05, 0) is 30.5 Å². The molecule has 0 unspecified atom stereocenters. The molecule has 3 aromatic carbocycles. The Morgan fingerprint density at radius 3 is 2.46 bits per heavy atom. The van der Waals surface area contributed by atoms with Crippen LogP contribution in [0.5, 0.6) is 5.75 Å². The van der Waals surface area contributed by atoms with Gasteiger partial charge in [-0.15, -0.1) is 0 Å². The number of phenolic OH excluding ortho intramolecular Hbond substituents is 1. The van der Waals surface area contributed by atoms with Crippen molar-refractivity contribution in [3.05, 3.63) is 71.8 Å². The molecule has 0 radical (unpaired) electrons. The van der Waals surface area contributed by atoms with Crippen molar-refractivity contribution in [2.24, 2.45) is 5.10 Å². The van der Waals surface area contributed by atoms with Crippen LogP contribution in [0, 0.1) is 6.92 Å². The van der Waals surface area contributed by atoms with Gasteiger partial charge >= 0.3 is 0 Å². The Morgan fingerprint density at radius 2 is 1.71 bits per heavy atom. The number of aromatic hydroxyl groups is 1. The Kier molecular flexibility index (Phi) is 4.22. The lowest BCUT2D eigenvalue weighted by Gasteiger charge is -2.05. The minimum atomic E-state index is -3.73. The van der Waals surface area contributed by atoms with E-state index < -0.39 is 10.0 Å². The quantitative estimate of drug-likeness (QED) is 0.565. The summed E-state index contributed by atoms with van der Waals surface area (Å²) in [4.78, 5) is 2.28. The SMILES string of the molecule is Cc1ccc(S(=O)(=O)N/N=C\c2ccc3ccccc3c2O)cc1. The maximum atomic E-state index is 12.1. The number of phenols is 1. The van der Waals surface area contributed by atoms with Crippen LogP contribution in [0.1, 0.15) is 11.1 Å². The highest BCUT2D eigenvalue weighted by molar-refractivity contribution is 7.89. The molecular formula is C18H16N2O3S. The number of hydrazone groups is 1. The third-order valence-electron chi connectivity index (χ3n) is 3.64. The van der Waals surface area contributed by atoms with Gasteiger partial charge in [-0.2, -0.15) is 13.5 Å². The third kappa shape index (κ3) is 3.23. The first-order chi connectivity index (χ1) is 11.5. The fourth-order valence-electron chi connectivity index (χ4n) is 2.31. The van der Waals surface area contributed by atoms with Gasteiger partial charge in [-0.1, -0.05) is 48.0 Å². The average Bonchev–Trinajstić information content (AvgIpc) is 2.57. The maximum Gasteiger partial charge on any atom is 0.276 e. The molecule has 5 nitrogen and oxygen atoms in total. The summed E-state index contributed by atoms with van der Waals surface area (Å²) in [6, 6.07) is 17.4. The van der Waals surface area contributed by atoms with Gasteiger partial charge in [-0.25, -0.2) is 4.83 Å². The second-order valence-electron chi connectivity index (χ2n) is 5.39. The molecule has 0 saturated heterocycles. The molecule has 122 valence electrons. The summed E-state index contributed by atoms with van der Waals surface area (Å²) in [5.74, 6) is 0.0615. The molecule has 0 aromatic heterocycles. The first kappa shape index (κ1) is 16.0. The Balaban J connectivity index is 1.84. The van der Waals surface area contributed by atoms with Gasteiger partial charge in [0.25, 0.3) is 10.0 Å². The lowest BCUT2D eigenvalue weighted by molar-refractivity contribution is 0.481. The number of rotatable bonds is 4. The minimum absolute atomic E-state index is 0.0615. The van der Waals surface area contributed by atoms with Gasteiger partial charge in [0.2, 0.25) is 0 Å². The minimum Gasteiger partial charge on any atom is -0.507 e. The summed E-state index contributed by atoms with van der Waals surface area (Å²) in [6.07, 6.45) is 1.29. The van der Waals surface area contributed by atoms with Gasteiger partial charge in [0.15, 0.2) is 0 Å². The van der Waals surface area contributed by atoms with Crippen LogP contribution in [0.25, 0.3) is 10.8 Å². The average molecular weight is 340 g/mol. The van der Waals surface area contributed by atoms with Crippen LogP contribution in [-0.4, -0.2) is 19.7 Å².